The second-order valence-electron chi connectivity index (χ2n) is 7.59. The fourth-order valence-electron chi connectivity index (χ4n) is 3.33. The molecular formula is C20H42NO3P. The maximum atomic E-state index is 13.3. The van der Waals surface area contributed by atoms with E-state index < -0.39 is 13.1 Å². The van der Waals surface area contributed by atoms with Crippen molar-refractivity contribution >= 4 is 13.1 Å². The molecule has 0 saturated carbocycles. The van der Waals surface area contributed by atoms with E-state index in [2.05, 4.69) is 13.8 Å². The van der Waals surface area contributed by atoms with Gasteiger partial charge in [0.05, 0.1) is 12.8 Å². The van der Waals surface area contributed by atoms with Crippen LogP contribution in [0, 0.1) is 0 Å². The van der Waals surface area contributed by atoms with Gasteiger partial charge in [-0.3, -0.25) is 9.69 Å². The van der Waals surface area contributed by atoms with Gasteiger partial charge in [0.1, 0.15) is 7.14 Å². The Hall–Kier alpha value is -0.340. The third kappa shape index (κ3) is 15.6. The molecule has 0 radical (unpaired) electrons. The molecule has 0 aromatic carbocycles. The largest absolute Gasteiger partial charge is 0.480 e. The lowest BCUT2D eigenvalue weighted by Crippen LogP contribution is -2.27. The van der Waals surface area contributed by atoms with Gasteiger partial charge in [-0.2, -0.15) is 0 Å². The number of unbranched alkanes of at least 4 members (excludes halogenated alkanes) is 10. The summed E-state index contributed by atoms with van der Waals surface area (Å²) in [6.07, 6.45) is 16.5. The molecule has 0 fully saturated rings. The first-order chi connectivity index (χ1) is 11.9. The van der Waals surface area contributed by atoms with Gasteiger partial charge >= 0.3 is 5.97 Å². The molecule has 0 aliphatic rings. The highest BCUT2D eigenvalue weighted by Gasteiger charge is 2.24. The molecular weight excluding hydrogens is 333 g/mol. The number of aliphatic carboxylic acids is 1. The van der Waals surface area contributed by atoms with Crippen molar-refractivity contribution in [1.29, 1.82) is 0 Å². The van der Waals surface area contributed by atoms with Gasteiger partial charge in [-0.1, -0.05) is 78.1 Å². The summed E-state index contributed by atoms with van der Waals surface area (Å²) in [6.45, 7) is 4.41. The molecule has 0 rings (SSSR count). The van der Waals surface area contributed by atoms with E-state index in [1.165, 1.54) is 51.4 Å². The van der Waals surface area contributed by atoms with Crippen LogP contribution in [0.4, 0.5) is 0 Å². The molecule has 0 bridgehead atoms. The summed E-state index contributed by atoms with van der Waals surface area (Å²) in [5.41, 5.74) is 0. The molecule has 0 aromatic heterocycles. The Kier molecular flexibility index (Phi) is 15.7. The van der Waals surface area contributed by atoms with Gasteiger partial charge in [-0.05, 0) is 19.9 Å². The van der Waals surface area contributed by atoms with E-state index in [0.29, 0.717) is 6.29 Å². The first-order valence-electron chi connectivity index (χ1n) is 10.4. The second kappa shape index (κ2) is 15.9. The average Bonchev–Trinajstić information content (AvgIpc) is 2.53. The minimum absolute atomic E-state index is 0.0169. The first-order valence-corrected chi connectivity index (χ1v) is 12.7. The fraction of sp³-hybridized carbons (Fsp3) is 0.950. The lowest BCUT2D eigenvalue weighted by molar-refractivity contribution is -0.137. The Balaban J connectivity index is 4.28. The zero-order valence-electron chi connectivity index (χ0n) is 17.0. The van der Waals surface area contributed by atoms with Crippen molar-refractivity contribution in [1.82, 2.24) is 4.90 Å². The van der Waals surface area contributed by atoms with Crippen LogP contribution in [0.1, 0.15) is 90.9 Å². The number of likely N-dealkylation sites (N-methyl/N-ethyl adjacent to an activating group) is 1. The molecule has 0 aliphatic heterocycles. The Morgan fingerprint density at radius 3 is 1.60 bits per heavy atom. The maximum absolute atomic E-state index is 13.3. The molecule has 0 atom stereocenters. The van der Waals surface area contributed by atoms with Gasteiger partial charge < -0.3 is 9.67 Å². The van der Waals surface area contributed by atoms with E-state index in [1.54, 1.807) is 11.9 Å². The van der Waals surface area contributed by atoms with Crippen LogP contribution in [0.3, 0.4) is 0 Å². The summed E-state index contributed by atoms with van der Waals surface area (Å²) < 4.78 is 13.3. The van der Waals surface area contributed by atoms with Crippen molar-refractivity contribution in [2.45, 2.75) is 90.9 Å². The zero-order chi connectivity index (χ0) is 19.0. The highest BCUT2D eigenvalue weighted by atomic mass is 31.2. The van der Waals surface area contributed by atoms with E-state index in [4.69, 9.17) is 5.11 Å². The third-order valence-corrected chi connectivity index (χ3v) is 8.00. The maximum Gasteiger partial charge on any atom is 0.317 e. The van der Waals surface area contributed by atoms with Crippen molar-refractivity contribution < 1.29 is 14.5 Å². The van der Waals surface area contributed by atoms with Crippen molar-refractivity contribution in [3.63, 3.8) is 0 Å². The molecule has 0 amide bonds. The summed E-state index contributed by atoms with van der Waals surface area (Å²) >= 11 is 0. The molecule has 0 saturated heterocycles. The average molecular weight is 376 g/mol. The lowest BCUT2D eigenvalue weighted by atomic mass is 10.1. The predicted molar refractivity (Wildman–Crippen MR) is 109 cm³/mol. The third-order valence-electron chi connectivity index (χ3n) is 4.74. The number of carboxylic acid groups (broad SMARTS) is 1. The van der Waals surface area contributed by atoms with Crippen molar-refractivity contribution in [3.05, 3.63) is 0 Å². The number of rotatable bonds is 18. The Morgan fingerprint density at radius 2 is 1.20 bits per heavy atom. The van der Waals surface area contributed by atoms with Crippen molar-refractivity contribution in [2.75, 3.05) is 32.2 Å². The van der Waals surface area contributed by atoms with Gasteiger partial charge in [0.2, 0.25) is 0 Å². The standard InChI is InChI=1S/C20H42NO3P/c1-4-6-8-10-12-14-16-25(24,19-21(3)18-20(22)23)17-15-13-11-9-7-5-2/h4-19H2,1-3H3,(H,22,23). The smallest absolute Gasteiger partial charge is 0.317 e. The molecule has 0 spiro atoms. The SMILES string of the molecule is CCCCCCCCP(=O)(CCCCCCCC)CN(C)CC(=O)O. The first kappa shape index (κ1) is 24.7. The number of nitrogens with zero attached hydrogens (tertiary/aromatic N) is 1. The zero-order valence-corrected chi connectivity index (χ0v) is 17.9. The molecule has 0 aliphatic carbocycles. The molecule has 4 nitrogen and oxygen atoms in total. The topological polar surface area (TPSA) is 57.6 Å². The normalized spacial score (nSPS) is 12.0. The predicted octanol–water partition coefficient (Wildman–Crippen LogP) is 6.04. The molecule has 0 aromatic rings. The minimum Gasteiger partial charge on any atom is -0.480 e. The summed E-state index contributed by atoms with van der Waals surface area (Å²) in [6, 6.07) is 0. The molecule has 5 heteroatoms. The van der Waals surface area contributed by atoms with Crippen molar-refractivity contribution in [3.8, 4) is 0 Å². The van der Waals surface area contributed by atoms with E-state index in [0.717, 1.165) is 38.0 Å². The molecule has 150 valence electrons. The summed E-state index contributed by atoms with van der Waals surface area (Å²) in [4.78, 5) is 12.6. The van der Waals surface area contributed by atoms with E-state index >= 15 is 0 Å². The van der Waals surface area contributed by atoms with Crippen LogP contribution in [0.5, 0.6) is 0 Å². The van der Waals surface area contributed by atoms with E-state index in [-0.39, 0.29) is 6.54 Å². The Morgan fingerprint density at radius 1 is 0.800 bits per heavy atom. The summed E-state index contributed by atoms with van der Waals surface area (Å²) in [5, 5.41) is 8.94. The minimum atomic E-state index is -2.28. The van der Waals surface area contributed by atoms with Crippen LogP contribution in [-0.2, 0) is 9.36 Å². The van der Waals surface area contributed by atoms with Crippen LogP contribution in [-0.4, -0.2) is 48.2 Å². The molecule has 0 heterocycles. The van der Waals surface area contributed by atoms with Crippen LogP contribution >= 0.6 is 7.14 Å². The highest BCUT2D eigenvalue weighted by molar-refractivity contribution is 7.63. The Labute approximate surface area is 156 Å². The molecule has 25 heavy (non-hydrogen) atoms. The van der Waals surface area contributed by atoms with Gasteiger partial charge in [0.25, 0.3) is 0 Å². The van der Waals surface area contributed by atoms with E-state index in [1.807, 2.05) is 0 Å². The number of carboxylic acids is 1. The number of hydrogen-bond donors (Lipinski definition) is 1. The Bertz CT molecular complexity index is 354. The molecule has 1 N–H and O–H groups in total. The fourth-order valence-corrected chi connectivity index (χ4v) is 6.42. The van der Waals surface area contributed by atoms with Gasteiger partial charge in [-0.15, -0.1) is 0 Å². The van der Waals surface area contributed by atoms with E-state index in [9.17, 15) is 9.36 Å². The lowest BCUT2D eigenvalue weighted by Gasteiger charge is -2.24. The van der Waals surface area contributed by atoms with Gasteiger partial charge in [-0.25, -0.2) is 0 Å². The monoisotopic (exact) mass is 375 g/mol. The van der Waals surface area contributed by atoms with Gasteiger partial charge in [0.15, 0.2) is 0 Å². The van der Waals surface area contributed by atoms with Crippen LogP contribution in [0.2, 0.25) is 0 Å². The summed E-state index contributed by atoms with van der Waals surface area (Å²) in [7, 11) is -0.499. The van der Waals surface area contributed by atoms with Crippen LogP contribution in [0.25, 0.3) is 0 Å². The van der Waals surface area contributed by atoms with Crippen molar-refractivity contribution in [2.24, 2.45) is 0 Å². The van der Waals surface area contributed by atoms with Crippen LogP contribution in [0.15, 0.2) is 0 Å². The summed E-state index contributed by atoms with van der Waals surface area (Å²) in [5.74, 6) is -0.840. The molecule has 0 unspecified atom stereocenters. The second-order valence-corrected chi connectivity index (χ2v) is 10.9. The highest BCUT2D eigenvalue weighted by Crippen LogP contribution is 2.48. The van der Waals surface area contributed by atoms with Gasteiger partial charge in [0, 0.05) is 12.3 Å². The number of hydrogen-bond acceptors (Lipinski definition) is 3. The number of carbonyl (C=O) groups is 1. The van der Waals surface area contributed by atoms with Crippen LogP contribution < -0.4 is 0 Å². The quantitative estimate of drug-likeness (QED) is 0.234.